The third-order valence-corrected chi connectivity index (χ3v) is 4.41. The van der Waals surface area contributed by atoms with Crippen molar-refractivity contribution in [2.75, 3.05) is 14.1 Å². The Hall–Kier alpha value is -1.94. The summed E-state index contributed by atoms with van der Waals surface area (Å²) < 4.78 is 0. The van der Waals surface area contributed by atoms with Crippen LogP contribution in [0.1, 0.15) is 21.8 Å². The van der Waals surface area contributed by atoms with E-state index < -0.39 is 0 Å². The minimum atomic E-state index is 0.139. The molecule has 4 heteroatoms. The highest BCUT2D eigenvalue weighted by molar-refractivity contribution is 7.17. The van der Waals surface area contributed by atoms with Crippen LogP contribution >= 0.6 is 11.3 Å². The minimum absolute atomic E-state index is 0.139. The highest BCUT2D eigenvalue weighted by Gasteiger charge is 2.26. The van der Waals surface area contributed by atoms with Gasteiger partial charge in [0.25, 0.3) is 0 Å². The number of aromatic nitrogens is 1. The lowest BCUT2D eigenvalue weighted by atomic mass is 9.96. The standard InChI is InChI=1S/C16H16N2OS/c1-18(2)10-12-8-9-13-15(14(12)19)20-16(17-13)11-6-4-3-5-7-11/h3-7,10H,8-9H2,1-2H3/b12-10+. The van der Waals surface area contributed by atoms with Crippen molar-refractivity contribution in [3.05, 3.63) is 52.7 Å². The molecule has 3 nitrogen and oxygen atoms in total. The SMILES string of the molecule is CN(C)/C=C1\CCc2nc(-c3ccccc3)sc2C1=O. The van der Waals surface area contributed by atoms with Gasteiger partial charge in [-0.15, -0.1) is 11.3 Å². The maximum Gasteiger partial charge on any atom is 0.202 e. The zero-order valence-corrected chi connectivity index (χ0v) is 12.4. The van der Waals surface area contributed by atoms with E-state index in [1.165, 1.54) is 11.3 Å². The molecule has 0 fully saturated rings. The van der Waals surface area contributed by atoms with Gasteiger partial charge < -0.3 is 4.90 Å². The molecule has 3 rings (SSSR count). The summed E-state index contributed by atoms with van der Waals surface area (Å²) in [7, 11) is 3.88. The van der Waals surface area contributed by atoms with E-state index in [0.717, 1.165) is 39.6 Å². The number of carbonyl (C=O) groups is 1. The monoisotopic (exact) mass is 284 g/mol. The van der Waals surface area contributed by atoms with Crippen molar-refractivity contribution in [2.24, 2.45) is 0 Å². The topological polar surface area (TPSA) is 33.2 Å². The minimum Gasteiger partial charge on any atom is -0.383 e. The summed E-state index contributed by atoms with van der Waals surface area (Å²) in [6, 6.07) is 10.0. The van der Waals surface area contributed by atoms with Gasteiger partial charge in [-0.2, -0.15) is 0 Å². The van der Waals surface area contributed by atoms with Crippen molar-refractivity contribution in [1.82, 2.24) is 9.88 Å². The molecule has 0 N–H and O–H groups in total. The van der Waals surface area contributed by atoms with Crippen molar-refractivity contribution in [3.63, 3.8) is 0 Å². The normalized spacial score (nSPS) is 16.3. The number of allylic oxidation sites excluding steroid dienone is 1. The summed E-state index contributed by atoms with van der Waals surface area (Å²) >= 11 is 1.51. The van der Waals surface area contributed by atoms with Crippen LogP contribution in [0.2, 0.25) is 0 Å². The molecule has 1 aromatic heterocycles. The lowest BCUT2D eigenvalue weighted by Gasteiger charge is -2.14. The van der Waals surface area contributed by atoms with Gasteiger partial charge in [-0.1, -0.05) is 30.3 Å². The lowest BCUT2D eigenvalue weighted by molar-refractivity contribution is 0.102. The number of benzene rings is 1. The van der Waals surface area contributed by atoms with Gasteiger partial charge in [0.05, 0.1) is 10.6 Å². The van der Waals surface area contributed by atoms with Crippen molar-refractivity contribution < 1.29 is 4.79 Å². The van der Waals surface area contributed by atoms with E-state index in [9.17, 15) is 4.79 Å². The van der Waals surface area contributed by atoms with E-state index in [0.29, 0.717) is 0 Å². The molecule has 0 saturated carbocycles. The Morgan fingerprint density at radius 2 is 1.95 bits per heavy atom. The van der Waals surface area contributed by atoms with Crippen LogP contribution in [0, 0.1) is 0 Å². The largest absolute Gasteiger partial charge is 0.383 e. The zero-order chi connectivity index (χ0) is 14.1. The summed E-state index contributed by atoms with van der Waals surface area (Å²) in [4.78, 5) is 19.9. The molecule has 1 aromatic carbocycles. The van der Waals surface area contributed by atoms with E-state index >= 15 is 0 Å². The maximum atomic E-state index is 12.5. The first-order valence-corrected chi connectivity index (χ1v) is 7.44. The molecule has 0 radical (unpaired) electrons. The fraction of sp³-hybridized carbons (Fsp3) is 0.250. The Morgan fingerprint density at radius 3 is 2.65 bits per heavy atom. The molecule has 0 atom stereocenters. The van der Waals surface area contributed by atoms with Crippen molar-refractivity contribution in [3.8, 4) is 10.6 Å². The summed E-state index contributed by atoms with van der Waals surface area (Å²) in [5.41, 5.74) is 2.92. The molecule has 20 heavy (non-hydrogen) atoms. The number of hydrogen-bond donors (Lipinski definition) is 0. The molecular formula is C16H16N2OS. The van der Waals surface area contributed by atoms with Crippen LogP contribution in [0.4, 0.5) is 0 Å². The van der Waals surface area contributed by atoms with Crippen LogP contribution in [0.25, 0.3) is 10.6 Å². The Kier molecular flexibility index (Phi) is 3.40. The molecule has 0 spiro atoms. The molecule has 0 amide bonds. The first-order valence-electron chi connectivity index (χ1n) is 6.62. The second kappa shape index (κ2) is 5.21. The van der Waals surface area contributed by atoms with Crippen molar-refractivity contribution >= 4 is 17.1 Å². The van der Waals surface area contributed by atoms with Crippen LogP contribution in [0.5, 0.6) is 0 Å². The van der Waals surface area contributed by atoms with E-state index in [1.54, 1.807) is 0 Å². The Balaban J connectivity index is 1.99. The molecule has 102 valence electrons. The Labute approximate surface area is 122 Å². The molecule has 2 aromatic rings. The van der Waals surface area contributed by atoms with Crippen LogP contribution in [0.3, 0.4) is 0 Å². The fourth-order valence-electron chi connectivity index (χ4n) is 2.35. The first kappa shape index (κ1) is 13.1. The van der Waals surface area contributed by atoms with Gasteiger partial charge in [0.15, 0.2) is 0 Å². The summed E-state index contributed by atoms with van der Waals surface area (Å²) in [6.07, 6.45) is 3.55. The third kappa shape index (κ3) is 2.39. The number of carbonyl (C=O) groups excluding carboxylic acids is 1. The highest BCUT2D eigenvalue weighted by atomic mass is 32.1. The number of rotatable bonds is 2. The number of nitrogens with zero attached hydrogens (tertiary/aromatic N) is 2. The lowest BCUT2D eigenvalue weighted by Crippen LogP contribution is -2.15. The van der Waals surface area contributed by atoms with Gasteiger partial charge in [0.2, 0.25) is 5.78 Å². The maximum absolute atomic E-state index is 12.5. The molecule has 1 heterocycles. The number of Topliss-reactive ketones (excluding diaryl/α,β-unsaturated/α-hetero) is 1. The van der Waals surface area contributed by atoms with E-state index in [1.807, 2.05) is 55.5 Å². The van der Waals surface area contributed by atoms with Crippen LogP contribution in [-0.4, -0.2) is 29.8 Å². The van der Waals surface area contributed by atoms with Gasteiger partial charge >= 0.3 is 0 Å². The smallest absolute Gasteiger partial charge is 0.202 e. The second-order valence-electron chi connectivity index (χ2n) is 5.11. The number of aryl methyl sites for hydroxylation is 1. The number of ketones is 1. The second-order valence-corrected chi connectivity index (χ2v) is 6.11. The molecule has 1 aliphatic carbocycles. The zero-order valence-electron chi connectivity index (χ0n) is 11.6. The van der Waals surface area contributed by atoms with Crippen molar-refractivity contribution in [2.45, 2.75) is 12.8 Å². The molecule has 0 aliphatic heterocycles. The molecule has 1 aliphatic rings. The predicted molar refractivity (Wildman–Crippen MR) is 82.0 cm³/mol. The number of thiazole rings is 1. The number of hydrogen-bond acceptors (Lipinski definition) is 4. The van der Waals surface area contributed by atoms with Crippen LogP contribution in [0.15, 0.2) is 42.1 Å². The van der Waals surface area contributed by atoms with Crippen LogP contribution in [-0.2, 0) is 6.42 Å². The summed E-state index contributed by atoms with van der Waals surface area (Å²) in [6.45, 7) is 0. The van der Waals surface area contributed by atoms with Crippen LogP contribution < -0.4 is 0 Å². The van der Waals surface area contributed by atoms with Crippen molar-refractivity contribution in [1.29, 1.82) is 0 Å². The van der Waals surface area contributed by atoms with E-state index in [4.69, 9.17) is 0 Å². The van der Waals surface area contributed by atoms with E-state index in [2.05, 4.69) is 4.98 Å². The molecule has 0 bridgehead atoms. The molecule has 0 unspecified atom stereocenters. The third-order valence-electron chi connectivity index (χ3n) is 3.26. The predicted octanol–water partition coefficient (Wildman–Crippen LogP) is 3.38. The molecular weight excluding hydrogens is 268 g/mol. The van der Waals surface area contributed by atoms with Gasteiger partial charge in [-0.25, -0.2) is 4.98 Å². The van der Waals surface area contributed by atoms with Gasteiger partial charge in [-0.05, 0) is 12.8 Å². The molecule has 0 saturated heterocycles. The Bertz CT molecular complexity index is 671. The first-order chi connectivity index (χ1) is 9.65. The average molecular weight is 284 g/mol. The summed E-state index contributed by atoms with van der Waals surface area (Å²) in [5, 5.41) is 0.940. The highest BCUT2D eigenvalue weighted by Crippen LogP contribution is 2.34. The quantitative estimate of drug-likeness (QED) is 0.793. The fourth-order valence-corrected chi connectivity index (χ4v) is 3.44. The van der Waals surface area contributed by atoms with Gasteiger partial charge in [-0.3, -0.25) is 4.79 Å². The average Bonchev–Trinajstić information content (AvgIpc) is 2.87. The van der Waals surface area contributed by atoms with Gasteiger partial charge in [0, 0.05) is 31.4 Å². The Morgan fingerprint density at radius 1 is 1.20 bits per heavy atom. The van der Waals surface area contributed by atoms with Gasteiger partial charge in [0.1, 0.15) is 5.01 Å². The van der Waals surface area contributed by atoms with E-state index in [-0.39, 0.29) is 5.78 Å². The summed E-state index contributed by atoms with van der Waals surface area (Å²) in [5.74, 6) is 0.139. The number of fused-ring (bicyclic) bond motifs is 1.